The van der Waals surface area contributed by atoms with E-state index in [0.717, 1.165) is 6.61 Å². The second-order valence-corrected chi connectivity index (χ2v) is 30.3. The van der Waals surface area contributed by atoms with Crippen LogP contribution in [-0.2, 0) is 4.74 Å². The van der Waals surface area contributed by atoms with E-state index in [4.69, 9.17) is 4.74 Å². The average molecular weight is 826 g/mol. The molecule has 4 saturated carbocycles. The molecule has 10 unspecified atom stereocenters. The predicted molar refractivity (Wildman–Crippen MR) is 259 cm³/mol. The number of unbranched alkanes of at least 4 members (excludes halogenated alkanes) is 3. The van der Waals surface area contributed by atoms with E-state index in [1.807, 2.05) is 0 Å². The van der Waals surface area contributed by atoms with E-state index in [0.29, 0.717) is 58.5 Å². The summed E-state index contributed by atoms with van der Waals surface area (Å²) in [5, 5.41) is 0. The van der Waals surface area contributed by atoms with Crippen molar-refractivity contribution in [3.63, 3.8) is 0 Å². The van der Waals surface area contributed by atoms with E-state index in [-0.39, 0.29) is 27.3 Å². The number of benzene rings is 1. The molecule has 0 aromatic heterocycles. The summed E-state index contributed by atoms with van der Waals surface area (Å²) in [7, 11) is 0.269. The van der Waals surface area contributed by atoms with Gasteiger partial charge in [0, 0.05) is 37.2 Å². The number of aryl methyl sites for hydroxylation is 1. The second kappa shape index (κ2) is 14.6. The van der Waals surface area contributed by atoms with Crippen LogP contribution >= 0.6 is 0 Å². The van der Waals surface area contributed by atoms with Gasteiger partial charge in [-0.1, -0.05) is 154 Å². The first-order chi connectivity index (χ1) is 28.1. The number of likely N-dealkylation sites (N-methyl/N-ethyl adjacent to an activating group) is 1. The summed E-state index contributed by atoms with van der Waals surface area (Å²) in [5.74, 6) is 4.11. The van der Waals surface area contributed by atoms with E-state index < -0.39 is 8.07 Å². The van der Waals surface area contributed by atoms with Crippen LogP contribution in [0.2, 0.25) is 23.7 Å². The third-order valence-corrected chi connectivity index (χ3v) is 24.7. The van der Waals surface area contributed by atoms with Crippen molar-refractivity contribution < 1.29 is 4.74 Å². The molecule has 0 saturated heterocycles. The number of ether oxygens (including phenoxy) is 1. The van der Waals surface area contributed by atoms with E-state index in [9.17, 15) is 0 Å². The molecular weight excluding hydrogens is 743 g/mol. The number of anilines is 1. The van der Waals surface area contributed by atoms with Gasteiger partial charge in [-0.2, -0.15) is 0 Å². The molecule has 0 radical (unpaired) electrons. The lowest BCUT2D eigenvalue weighted by Gasteiger charge is -2.51. The van der Waals surface area contributed by atoms with Crippen LogP contribution in [0.3, 0.4) is 0 Å². The molecule has 7 aliphatic carbocycles. The fourth-order valence-electron chi connectivity index (χ4n) is 15.4. The van der Waals surface area contributed by atoms with E-state index in [2.05, 4.69) is 168 Å². The number of fused-ring (bicyclic) bond motifs is 10. The Morgan fingerprint density at radius 3 is 1.63 bits per heavy atom. The predicted octanol–water partition coefficient (Wildman–Crippen LogP) is 15.4. The number of hydrogen-bond donors (Lipinski definition) is 0. The van der Waals surface area contributed by atoms with Crippen molar-refractivity contribution in [3.05, 3.63) is 100 Å². The zero-order chi connectivity index (χ0) is 42.9. The molecule has 9 rings (SSSR count). The van der Waals surface area contributed by atoms with E-state index in [1.165, 1.54) is 68.7 Å². The molecule has 60 heavy (non-hydrogen) atoms. The Balaban J connectivity index is 1.22. The largest absolute Gasteiger partial charge is 0.376 e. The molecule has 1 heterocycles. The monoisotopic (exact) mass is 826 g/mol. The van der Waals surface area contributed by atoms with Gasteiger partial charge in [-0.3, -0.25) is 0 Å². The fourth-order valence-corrected chi connectivity index (χ4v) is 22.3. The van der Waals surface area contributed by atoms with Crippen molar-refractivity contribution in [2.24, 2.45) is 57.2 Å². The molecule has 0 bridgehead atoms. The zero-order valence-electron chi connectivity index (χ0n) is 40.6. The Bertz CT molecular complexity index is 1980. The van der Waals surface area contributed by atoms with Crippen molar-refractivity contribution in [2.45, 2.75) is 176 Å². The molecule has 2 nitrogen and oxygen atoms in total. The van der Waals surface area contributed by atoms with Crippen molar-refractivity contribution in [1.29, 1.82) is 0 Å². The molecule has 10 atom stereocenters. The lowest BCUT2D eigenvalue weighted by Crippen LogP contribution is -2.49. The maximum atomic E-state index is 6.23. The number of allylic oxidation sites excluding steroid dienone is 11. The maximum Gasteiger partial charge on any atom is 0.0598 e. The van der Waals surface area contributed by atoms with Crippen molar-refractivity contribution in [1.82, 2.24) is 0 Å². The van der Waals surface area contributed by atoms with Crippen LogP contribution in [0.15, 0.2) is 89.1 Å². The van der Waals surface area contributed by atoms with Gasteiger partial charge in [0.15, 0.2) is 0 Å². The molecule has 0 amide bonds. The first kappa shape index (κ1) is 42.9. The molecule has 4 fully saturated rings. The van der Waals surface area contributed by atoms with Gasteiger partial charge < -0.3 is 9.64 Å². The number of rotatable bonds is 9. The van der Waals surface area contributed by atoms with Gasteiger partial charge in [0.05, 0.1) is 13.7 Å². The van der Waals surface area contributed by atoms with Crippen LogP contribution in [0.1, 0.15) is 145 Å². The summed E-state index contributed by atoms with van der Waals surface area (Å²) in [5.41, 5.74) is 13.7. The topological polar surface area (TPSA) is 12.5 Å². The third kappa shape index (κ3) is 6.86. The quantitative estimate of drug-likeness (QED) is 0.182. The first-order valence-electron chi connectivity index (χ1n) is 24.8. The lowest BCUT2D eigenvalue weighted by molar-refractivity contribution is -0.00471. The van der Waals surface area contributed by atoms with Crippen LogP contribution in [0, 0.1) is 64.1 Å². The van der Waals surface area contributed by atoms with E-state index in [1.54, 1.807) is 27.9 Å². The minimum Gasteiger partial charge on any atom is -0.376 e. The standard InChI is InChI=1S/C57H83NOSi/c1-36-23-24-48-43(31-36)49-50(58(48)13)37-21-17-18-22-38(37)52(49)60(14,30-20-16-15-19-29-59-53(2,3)4)51-41-34-46-44(54(5,6)25-27-56(46,9)10)32-39(41)40-33-45-47(35-42(40)51)57(11,12)28-26-55(45,7)8/h17-18,21-24,31-35,37-42,49-52H,15-16,19-20,25-30H2,1-14H3. The summed E-state index contributed by atoms with van der Waals surface area (Å²) in [6.07, 6.45) is 32.4. The molecule has 1 aromatic rings. The second-order valence-electron chi connectivity index (χ2n) is 25.5. The van der Waals surface area contributed by atoms with Crippen molar-refractivity contribution in [2.75, 3.05) is 18.6 Å². The molecule has 0 spiro atoms. The summed E-state index contributed by atoms with van der Waals surface area (Å²) >= 11 is 0. The normalized spacial score (nSPS) is 36.9. The molecule has 326 valence electrons. The highest BCUT2D eigenvalue weighted by Gasteiger charge is 2.67. The van der Waals surface area contributed by atoms with Crippen LogP contribution in [0.4, 0.5) is 5.69 Å². The summed E-state index contributed by atoms with van der Waals surface area (Å²) in [4.78, 5) is 2.75. The van der Waals surface area contributed by atoms with Crippen LogP contribution in [0.25, 0.3) is 0 Å². The Morgan fingerprint density at radius 2 is 1.12 bits per heavy atom. The maximum absolute atomic E-state index is 6.23. The Morgan fingerprint density at radius 1 is 0.633 bits per heavy atom. The number of hydrogen-bond acceptors (Lipinski definition) is 2. The first-order valence-corrected chi connectivity index (χ1v) is 27.6. The average Bonchev–Trinajstić information content (AvgIpc) is 3.79. The van der Waals surface area contributed by atoms with Crippen molar-refractivity contribution >= 4 is 13.8 Å². The summed E-state index contributed by atoms with van der Waals surface area (Å²) in [6.45, 7) is 33.5. The smallest absolute Gasteiger partial charge is 0.0598 e. The van der Waals surface area contributed by atoms with Gasteiger partial charge in [-0.15, -0.1) is 0 Å². The van der Waals surface area contributed by atoms with Gasteiger partial charge >= 0.3 is 0 Å². The van der Waals surface area contributed by atoms with Gasteiger partial charge in [0.25, 0.3) is 0 Å². The minimum absolute atomic E-state index is 0.0580. The van der Waals surface area contributed by atoms with Gasteiger partial charge in [0.1, 0.15) is 0 Å². The third-order valence-electron chi connectivity index (χ3n) is 18.7. The van der Waals surface area contributed by atoms with Crippen LogP contribution in [0.5, 0.6) is 0 Å². The summed E-state index contributed by atoms with van der Waals surface area (Å²) in [6, 6.07) is 9.46. The molecule has 1 aliphatic heterocycles. The lowest BCUT2D eigenvalue weighted by atomic mass is 9.56. The van der Waals surface area contributed by atoms with Gasteiger partial charge in [-0.05, 0) is 156 Å². The molecule has 0 N–H and O–H groups in total. The van der Waals surface area contributed by atoms with Gasteiger partial charge in [0.2, 0.25) is 0 Å². The zero-order valence-corrected chi connectivity index (χ0v) is 41.6. The van der Waals surface area contributed by atoms with Crippen molar-refractivity contribution in [3.8, 4) is 0 Å². The summed E-state index contributed by atoms with van der Waals surface area (Å²) < 4.78 is 6.23. The minimum atomic E-state index is -2.18. The SMILES string of the molecule is Cc1ccc2c(c1)C1C(C3C=CC=CC3C1[Si](C)(CCCCCCOC(C)(C)C)C1C3C=C4C(=CC3C3C=C5C(=CC31)C(C)(C)CCC5(C)C)C(C)(C)CCC4(C)C)N2C. The molecular formula is C57H83NOSi. The highest BCUT2D eigenvalue weighted by atomic mass is 28.3. The van der Waals surface area contributed by atoms with Crippen LogP contribution in [-0.4, -0.2) is 33.4 Å². The molecule has 1 aromatic carbocycles. The Hall–Kier alpha value is -2.36. The fraction of sp³-hybridized carbons (Fsp3) is 0.684. The Kier molecular flexibility index (Phi) is 10.4. The van der Waals surface area contributed by atoms with Crippen LogP contribution < -0.4 is 4.90 Å². The van der Waals surface area contributed by atoms with E-state index >= 15 is 0 Å². The highest BCUT2D eigenvalue weighted by molar-refractivity contribution is 6.82. The highest BCUT2D eigenvalue weighted by Crippen LogP contribution is 2.72. The number of nitrogens with zero attached hydrogens (tertiary/aromatic N) is 1. The molecule has 8 aliphatic rings. The van der Waals surface area contributed by atoms with Gasteiger partial charge in [-0.25, -0.2) is 0 Å². The Labute approximate surface area is 368 Å². The molecule has 3 heteroatoms.